The molecular formula is C19H31IN4O3. The molecule has 7 nitrogen and oxygen atoms in total. The molecule has 0 aromatic heterocycles. The molecular weight excluding hydrogens is 459 g/mol. The standard InChI is InChI=1S/C19H30N4O3.HI/c1-14(26-17-8-4-7-16(11-17)25-3)12-22-19(21-2)23-9-5-6-15(13-23)10-18(20)24;/h4,7-8,11,14-15H,5-6,9-10,12-13H2,1-3H3,(H2,20,24)(H,21,22);1H. The SMILES string of the molecule is CN=C(NCC(C)Oc1cccc(OC)c1)N1CCCC(CC(N)=O)C1.I. The van der Waals surface area contributed by atoms with Gasteiger partial charge >= 0.3 is 0 Å². The van der Waals surface area contributed by atoms with Crippen LogP contribution in [0.5, 0.6) is 11.5 Å². The Labute approximate surface area is 178 Å². The number of halogens is 1. The first-order valence-corrected chi connectivity index (χ1v) is 9.06. The second kappa shape index (κ2) is 11.9. The number of hydrogen-bond donors (Lipinski definition) is 2. The van der Waals surface area contributed by atoms with Gasteiger partial charge in [-0.15, -0.1) is 24.0 Å². The van der Waals surface area contributed by atoms with Gasteiger partial charge in [-0.25, -0.2) is 0 Å². The van der Waals surface area contributed by atoms with Crippen molar-refractivity contribution in [2.45, 2.75) is 32.3 Å². The highest BCUT2D eigenvalue weighted by Crippen LogP contribution is 2.21. The summed E-state index contributed by atoms with van der Waals surface area (Å²) in [6, 6.07) is 7.56. The molecule has 152 valence electrons. The molecule has 1 aliphatic heterocycles. The lowest BCUT2D eigenvalue weighted by molar-refractivity contribution is -0.119. The molecule has 2 rings (SSSR count). The summed E-state index contributed by atoms with van der Waals surface area (Å²) in [5.41, 5.74) is 5.34. The number of amides is 1. The van der Waals surface area contributed by atoms with E-state index in [0.29, 0.717) is 18.9 Å². The Balaban J connectivity index is 0.00000364. The second-order valence-electron chi connectivity index (χ2n) is 6.66. The zero-order valence-electron chi connectivity index (χ0n) is 16.3. The Morgan fingerprint density at radius 1 is 1.44 bits per heavy atom. The number of aliphatic imine (C=N–C) groups is 1. The van der Waals surface area contributed by atoms with Crippen molar-refractivity contribution in [2.24, 2.45) is 16.6 Å². The van der Waals surface area contributed by atoms with Crippen molar-refractivity contribution in [3.8, 4) is 11.5 Å². The minimum Gasteiger partial charge on any atom is -0.497 e. The number of rotatable bonds is 7. The average Bonchev–Trinajstić information content (AvgIpc) is 2.62. The van der Waals surface area contributed by atoms with Gasteiger partial charge in [0.25, 0.3) is 0 Å². The fourth-order valence-corrected chi connectivity index (χ4v) is 3.22. The number of nitrogens with zero attached hydrogens (tertiary/aromatic N) is 2. The number of carbonyl (C=O) groups is 1. The number of nitrogens with two attached hydrogens (primary N) is 1. The summed E-state index contributed by atoms with van der Waals surface area (Å²) in [6.07, 6.45) is 2.47. The largest absolute Gasteiger partial charge is 0.497 e. The smallest absolute Gasteiger partial charge is 0.217 e. The number of carbonyl (C=O) groups excluding carboxylic acids is 1. The van der Waals surface area contributed by atoms with E-state index < -0.39 is 0 Å². The molecule has 0 bridgehead atoms. The van der Waals surface area contributed by atoms with Crippen LogP contribution in [-0.4, -0.2) is 56.7 Å². The first-order valence-electron chi connectivity index (χ1n) is 9.06. The van der Waals surface area contributed by atoms with E-state index in [1.807, 2.05) is 31.2 Å². The molecule has 2 atom stereocenters. The molecule has 1 fully saturated rings. The summed E-state index contributed by atoms with van der Waals surface area (Å²) in [6.45, 7) is 4.36. The van der Waals surface area contributed by atoms with Crippen molar-refractivity contribution in [3.63, 3.8) is 0 Å². The third kappa shape index (κ3) is 7.82. The Kier molecular flexibility index (Phi) is 10.3. The maximum Gasteiger partial charge on any atom is 0.217 e. The molecule has 0 radical (unpaired) electrons. The van der Waals surface area contributed by atoms with E-state index in [1.165, 1.54) is 0 Å². The average molecular weight is 490 g/mol. The Hall–Kier alpha value is -1.71. The van der Waals surface area contributed by atoms with E-state index in [9.17, 15) is 4.79 Å². The predicted molar refractivity (Wildman–Crippen MR) is 118 cm³/mol. The van der Waals surface area contributed by atoms with Crippen molar-refractivity contribution in [1.29, 1.82) is 0 Å². The molecule has 1 amide bonds. The molecule has 0 spiro atoms. The zero-order chi connectivity index (χ0) is 18.9. The van der Waals surface area contributed by atoms with Gasteiger partial charge < -0.3 is 25.4 Å². The third-order valence-electron chi connectivity index (χ3n) is 4.45. The van der Waals surface area contributed by atoms with Crippen molar-refractivity contribution < 1.29 is 14.3 Å². The van der Waals surface area contributed by atoms with Crippen LogP contribution in [-0.2, 0) is 4.79 Å². The van der Waals surface area contributed by atoms with Crippen LogP contribution in [0.25, 0.3) is 0 Å². The topological polar surface area (TPSA) is 89.2 Å². The van der Waals surface area contributed by atoms with Gasteiger partial charge in [-0.1, -0.05) is 6.07 Å². The minimum atomic E-state index is -0.236. The van der Waals surface area contributed by atoms with Gasteiger partial charge in [0.1, 0.15) is 17.6 Å². The van der Waals surface area contributed by atoms with Crippen LogP contribution in [0.15, 0.2) is 29.3 Å². The highest BCUT2D eigenvalue weighted by Gasteiger charge is 2.23. The van der Waals surface area contributed by atoms with Crippen LogP contribution in [0.4, 0.5) is 0 Å². The molecule has 0 aliphatic carbocycles. The van der Waals surface area contributed by atoms with E-state index in [0.717, 1.165) is 43.4 Å². The lowest BCUT2D eigenvalue weighted by Crippen LogP contribution is -2.49. The lowest BCUT2D eigenvalue weighted by Gasteiger charge is -2.35. The van der Waals surface area contributed by atoms with Crippen molar-refractivity contribution in [1.82, 2.24) is 10.2 Å². The summed E-state index contributed by atoms with van der Waals surface area (Å²) in [5, 5.41) is 3.37. The number of likely N-dealkylation sites (tertiary alicyclic amines) is 1. The lowest BCUT2D eigenvalue weighted by atomic mass is 9.95. The molecule has 1 saturated heterocycles. The maximum absolute atomic E-state index is 11.2. The van der Waals surface area contributed by atoms with Gasteiger partial charge in [-0.05, 0) is 37.8 Å². The molecule has 1 aliphatic rings. The van der Waals surface area contributed by atoms with Crippen molar-refractivity contribution in [3.05, 3.63) is 24.3 Å². The van der Waals surface area contributed by atoms with E-state index >= 15 is 0 Å². The summed E-state index contributed by atoms with van der Waals surface area (Å²) in [5.74, 6) is 2.44. The molecule has 1 aromatic rings. The normalized spacial score (nSPS) is 18.3. The van der Waals surface area contributed by atoms with Crippen molar-refractivity contribution >= 4 is 35.8 Å². The summed E-state index contributed by atoms with van der Waals surface area (Å²) >= 11 is 0. The Bertz CT molecular complexity index is 627. The Morgan fingerprint density at radius 3 is 2.85 bits per heavy atom. The van der Waals surface area contributed by atoms with E-state index in [4.69, 9.17) is 15.2 Å². The van der Waals surface area contributed by atoms with Crippen LogP contribution in [0.3, 0.4) is 0 Å². The minimum absolute atomic E-state index is 0. The molecule has 2 unspecified atom stereocenters. The second-order valence-corrected chi connectivity index (χ2v) is 6.66. The van der Waals surface area contributed by atoms with Crippen LogP contribution in [0.2, 0.25) is 0 Å². The highest BCUT2D eigenvalue weighted by molar-refractivity contribution is 14.0. The van der Waals surface area contributed by atoms with Crippen LogP contribution >= 0.6 is 24.0 Å². The molecule has 27 heavy (non-hydrogen) atoms. The number of benzene rings is 1. The number of nitrogens with one attached hydrogen (secondary N) is 1. The van der Waals surface area contributed by atoms with Crippen LogP contribution < -0.4 is 20.5 Å². The number of ether oxygens (including phenoxy) is 2. The van der Waals surface area contributed by atoms with Gasteiger partial charge in [-0.3, -0.25) is 9.79 Å². The molecule has 0 saturated carbocycles. The van der Waals surface area contributed by atoms with Crippen molar-refractivity contribution in [2.75, 3.05) is 33.8 Å². The number of methoxy groups -OCH3 is 1. The first kappa shape index (κ1) is 23.3. The van der Waals surface area contributed by atoms with Crippen LogP contribution in [0, 0.1) is 5.92 Å². The van der Waals surface area contributed by atoms with Gasteiger partial charge in [0.15, 0.2) is 5.96 Å². The monoisotopic (exact) mass is 490 g/mol. The predicted octanol–water partition coefficient (Wildman–Crippen LogP) is 2.24. The molecule has 1 aromatic carbocycles. The van der Waals surface area contributed by atoms with Gasteiger partial charge in [0.05, 0.1) is 13.7 Å². The van der Waals surface area contributed by atoms with E-state index in [-0.39, 0.29) is 36.0 Å². The third-order valence-corrected chi connectivity index (χ3v) is 4.45. The molecule has 3 N–H and O–H groups in total. The number of hydrogen-bond acceptors (Lipinski definition) is 4. The number of primary amides is 1. The van der Waals surface area contributed by atoms with Gasteiger partial charge in [0.2, 0.25) is 5.91 Å². The summed E-state index contributed by atoms with van der Waals surface area (Å²) in [7, 11) is 3.41. The maximum atomic E-state index is 11.2. The Morgan fingerprint density at radius 2 is 2.19 bits per heavy atom. The quantitative estimate of drug-likeness (QED) is 0.348. The van der Waals surface area contributed by atoms with Gasteiger partial charge in [0, 0.05) is 32.6 Å². The number of piperidine rings is 1. The molecule has 8 heteroatoms. The first-order chi connectivity index (χ1) is 12.5. The summed E-state index contributed by atoms with van der Waals surface area (Å²) < 4.78 is 11.2. The fourth-order valence-electron chi connectivity index (χ4n) is 3.22. The molecule has 1 heterocycles. The van der Waals surface area contributed by atoms with Gasteiger partial charge in [-0.2, -0.15) is 0 Å². The zero-order valence-corrected chi connectivity index (χ0v) is 18.6. The van der Waals surface area contributed by atoms with E-state index in [1.54, 1.807) is 14.2 Å². The number of guanidine groups is 1. The summed E-state index contributed by atoms with van der Waals surface area (Å²) in [4.78, 5) is 17.7. The van der Waals surface area contributed by atoms with Crippen LogP contribution in [0.1, 0.15) is 26.2 Å². The highest BCUT2D eigenvalue weighted by atomic mass is 127. The van der Waals surface area contributed by atoms with E-state index in [2.05, 4.69) is 15.2 Å². The fraction of sp³-hybridized carbons (Fsp3) is 0.579.